The van der Waals surface area contributed by atoms with E-state index < -0.39 is 0 Å². The molecule has 17 heavy (non-hydrogen) atoms. The minimum atomic E-state index is 0.699. The summed E-state index contributed by atoms with van der Waals surface area (Å²) in [5, 5.41) is 3.57. The monoisotopic (exact) mass is 240 g/mol. The Labute approximate surface area is 108 Å². The van der Waals surface area contributed by atoms with Gasteiger partial charge >= 0.3 is 0 Å². The number of hydrogen-bond donors (Lipinski definition) is 1. The maximum atomic E-state index is 3.57. The van der Waals surface area contributed by atoms with E-state index in [-0.39, 0.29) is 0 Å². The molecule has 2 nitrogen and oxygen atoms in total. The number of nitrogens with zero attached hydrogens (tertiary/aromatic N) is 1. The number of rotatable bonds is 7. The first-order valence-corrected chi connectivity index (χ1v) is 7.78. The van der Waals surface area contributed by atoms with Crippen molar-refractivity contribution in [3.8, 4) is 0 Å². The predicted molar refractivity (Wildman–Crippen MR) is 76.5 cm³/mol. The summed E-state index contributed by atoms with van der Waals surface area (Å²) in [4.78, 5) is 2.69. The van der Waals surface area contributed by atoms with Crippen LogP contribution in [0.1, 0.15) is 65.2 Å². The zero-order chi connectivity index (χ0) is 12.3. The third-order valence-electron chi connectivity index (χ3n) is 3.80. The standard InChI is InChI=1S/C15H32N2/c1-3-11-16-15(2)10-9-14-17-12-7-5-4-6-8-13-17/h15-16H,3-14H2,1-2H3. The van der Waals surface area contributed by atoms with Crippen LogP contribution in [0.2, 0.25) is 0 Å². The van der Waals surface area contributed by atoms with Crippen LogP contribution in [-0.2, 0) is 0 Å². The van der Waals surface area contributed by atoms with Gasteiger partial charge in [-0.3, -0.25) is 0 Å². The van der Waals surface area contributed by atoms with Gasteiger partial charge in [0, 0.05) is 6.04 Å². The van der Waals surface area contributed by atoms with Crippen molar-refractivity contribution in [2.45, 2.75) is 71.3 Å². The second-order valence-corrected chi connectivity index (χ2v) is 5.61. The normalized spacial score (nSPS) is 20.8. The van der Waals surface area contributed by atoms with Crippen molar-refractivity contribution in [3.63, 3.8) is 0 Å². The fraction of sp³-hybridized carbons (Fsp3) is 1.00. The Kier molecular flexibility index (Phi) is 8.72. The average molecular weight is 240 g/mol. The van der Waals surface area contributed by atoms with Crippen molar-refractivity contribution < 1.29 is 0 Å². The van der Waals surface area contributed by atoms with Crippen molar-refractivity contribution in [2.24, 2.45) is 0 Å². The molecule has 1 aliphatic heterocycles. The summed E-state index contributed by atoms with van der Waals surface area (Å²) in [6.07, 6.45) is 11.1. The van der Waals surface area contributed by atoms with Crippen LogP contribution in [0.5, 0.6) is 0 Å². The van der Waals surface area contributed by atoms with Crippen molar-refractivity contribution in [1.82, 2.24) is 10.2 Å². The lowest BCUT2D eigenvalue weighted by Crippen LogP contribution is -2.31. The summed E-state index contributed by atoms with van der Waals surface area (Å²) in [6, 6.07) is 0.699. The predicted octanol–water partition coefficient (Wildman–Crippen LogP) is 3.42. The van der Waals surface area contributed by atoms with E-state index in [0.717, 1.165) is 0 Å². The molecular formula is C15H32N2. The smallest absolute Gasteiger partial charge is 0.00391 e. The summed E-state index contributed by atoms with van der Waals surface area (Å²) in [7, 11) is 0. The maximum Gasteiger partial charge on any atom is 0.00391 e. The first-order chi connectivity index (χ1) is 8.33. The van der Waals surface area contributed by atoms with E-state index in [1.807, 2.05) is 0 Å². The molecule has 0 radical (unpaired) electrons. The molecule has 0 spiro atoms. The molecule has 1 atom stereocenters. The SMILES string of the molecule is CCCNC(C)CCCN1CCCCCCC1. The first kappa shape index (κ1) is 15.0. The highest BCUT2D eigenvalue weighted by Gasteiger charge is 2.08. The highest BCUT2D eigenvalue weighted by molar-refractivity contribution is 4.65. The van der Waals surface area contributed by atoms with Crippen LogP contribution in [0.25, 0.3) is 0 Å². The molecule has 102 valence electrons. The van der Waals surface area contributed by atoms with Crippen LogP contribution < -0.4 is 5.32 Å². The van der Waals surface area contributed by atoms with Crippen molar-refractivity contribution in [2.75, 3.05) is 26.2 Å². The molecule has 0 saturated carbocycles. The summed E-state index contributed by atoms with van der Waals surface area (Å²) in [5.41, 5.74) is 0. The molecule has 0 aliphatic carbocycles. The zero-order valence-electron chi connectivity index (χ0n) is 12.0. The second-order valence-electron chi connectivity index (χ2n) is 5.61. The van der Waals surface area contributed by atoms with Crippen LogP contribution in [-0.4, -0.2) is 37.1 Å². The molecular weight excluding hydrogens is 208 g/mol. The Morgan fingerprint density at radius 1 is 1.06 bits per heavy atom. The Bertz CT molecular complexity index is 162. The molecule has 1 fully saturated rings. The van der Waals surface area contributed by atoms with E-state index >= 15 is 0 Å². The van der Waals surface area contributed by atoms with E-state index in [0.29, 0.717) is 6.04 Å². The van der Waals surface area contributed by atoms with Crippen molar-refractivity contribution in [3.05, 3.63) is 0 Å². The zero-order valence-corrected chi connectivity index (χ0v) is 12.0. The molecule has 0 aromatic carbocycles. The van der Waals surface area contributed by atoms with Crippen LogP contribution in [0.4, 0.5) is 0 Å². The minimum Gasteiger partial charge on any atom is -0.314 e. The van der Waals surface area contributed by atoms with Gasteiger partial charge in [0.15, 0.2) is 0 Å². The highest BCUT2D eigenvalue weighted by atomic mass is 15.1. The van der Waals surface area contributed by atoms with Crippen molar-refractivity contribution >= 4 is 0 Å². The summed E-state index contributed by atoms with van der Waals surface area (Å²) < 4.78 is 0. The van der Waals surface area contributed by atoms with Gasteiger partial charge in [-0.25, -0.2) is 0 Å². The molecule has 0 amide bonds. The van der Waals surface area contributed by atoms with Gasteiger partial charge in [0.05, 0.1) is 0 Å². The Hall–Kier alpha value is -0.0800. The molecule has 1 rings (SSSR count). The number of nitrogens with one attached hydrogen (secondary N) is 1. The van der Waals surface area contributed by atoms with Gasteiger partial charge in [0.2, 0.25) is 0 Å². The fourth-order valence-corrected chi connectivity index (χ4v) is 2.65. The van der Waals surface area contributed by atoms with Gasteiger partial charge in [0.25, 0.3) is 0 Å². The van der Waals surface area contributed by atoms with Gasteiger partial charge < -0.3 is 10.2 Å². The van der Waals surface area contributed by atoms with E-state index in [2.05, 4.69) is 24.1 Å². The summed E-state index contributed by atoms with van der Waals surface area (Å²) in [5.74, 6) is 0. The Morgan fingerprint density at radius 2 is 1.71 bits per heavy atom. The van der Waals surface area contributed by atoms with Gasteiger partial charge in [-0.05, 0) is 65.2 Å². The lowest BCUT2D eigenvalue weighted by atomic mass is 10.1. The van der Waals surface area contributed by atoms with Crippen LogP contribution >= 0.6 is 0 Å². The third kappa shape index (κ3) is 7.77. The van der Waals surface area contributed by atoms with E-state index in [9.17, 15) is 0 Å². The molecule has 2 heteroatoms. The largest absolute Gasteiger partial charge is 0.314 e. The first-order valence-electron chi connectivity index (χ1n) is 7.78. The van der Waals surface area contributed by atoms with Gasteiger partial charge in [0.1, 0.15) is 0 Å². The molecule has 1 N–H and O–H groups in total. The van der Waals surface area contributed by atoms with Crippen LogP contribution in [0.15, 0.2) is 0 Å². The molecule has 1 aliphatic rings. The molecule has 0 aromatic rings. The topological polar surface area (TPSA) is 15.3 Å². The molecule has 1 heterocycles. The van der Waals surface area contributed by atoms with E-state index in [1.54, 1.807) is 0 Å². The number of hydrogen-bond acceptors (Lipinski definition) is 2. The lowest BCUT2D eigenvalue weighted by molar-refractivity contribution is 0.240. The quantitative estimate of drug-likeness (QED) is 0.733. The van der Waals surface area contributed by atoms with Gasteiger partial charge in [-0.15, -0.1) is 0 Å². The average Bonchev–Trinajstić information content (AvgIpc) is 2.29. The summed E-state index contributed by atoms with van der Waals surface area (Å²) in [6.45, 7) is 9.74. The number of likely N-dealkylation sites (tertiary alicyclic amines) is 1. The minimum absolute atomic E-state index is 0.699. The molecule has 0 bridgehead atoms. The molecule has 0 aromatic heterocycles. The third-order valence-corrected chi connectivity index (χ3v) is 3.80. The molecule has 1 unspecified atom stereocenters. The highest BCUT2D eigenvalue weighted by Crippen LogP contribution is 2.11. The van der Waals surface area contributed by atoms with Crippen LogP contribution in [0, 0.1) is 0 Å². The second kappa shape index (κ2) is 9.90. The van der Waals surface area contributed by atoms with Crippen LogP contribution in [0.3, 0.4) is 0 Å². The molecule has 1 saturated heterocycles. The van der Waals surface area contributed by atoms with Gasteiger partial charge in [-0.2, -0.15) is 0 Å². The summed E-state index contributed by atoms with van der Waals surface area (Å²) >= 11 is 0. The van der Waals surface area contributed by atoms with Gasteiger partial charge in [-0.1, -0.05) is 26.2 Å². The lowest BCUT2D eigenvalue weighted by Gasteiger charge is -2.25. The Balaban J connectivity index is 2.03. The van der Waals surface area contributed by atoms with E-state index in [4.69, 9.17) is 0 Å². The van der Waals surface area contributed by atoms with E-state index in [1.165, 1.54) is 77.5 Å². The maximum absolute atomic E-state index is 3.57. The fourth-order valence-electron chi connectivity index (χ4n) is 2.65. The van der Waals surface area contributed by atoms with Crippen molar-refractivity contribution in [1.29, 1.82) is 0 Å². The Morgan fingerprint density at radius 3 is 2.35 bits per heavy atom.